The molecule has 106 valence electrons. The van der Waals surface area contributed by atoms with Gasteiger partial charge in [0.05, 0.1) is 11.1 Å². The Kier molecular flexibility index (Phi) is 3.92. The number of benzene rings is 1. The number of nitrogens with zero attached hydrogens (tertiary/aromatic N) is 1. The fourth-order valence-electron chi connectivity index (χ4n) is 2.39. The van der Waals surface area contributed by atoms with Gasteiger partial charge in [-0.1, -0.05) is 12.1 Å². The minimum atomic E-state index is -0.692. The van der Waals surface area contributed by atoms with Gasteiger partial charge in [-0.2, -0.15) is 0 Å². The highest BCUT2D eigenvalue weighted by Crippen LogP contribution is 2.25. The van der Waals surface area contributed by atoms with Gasteiger partial charge >= 0.3 is 0 Å². The highest BCUT2D eigenvalue weighted by molar-refractivity contribution is 9.10. The molecule has 2 aromatic rings. The standard InChI is InChI=1S/C15H17BrN2O2/c16-12-3-1-2-11-4-5-13(18-14(11)12)17-10-15(19)6-8-20-9-7-15/h1-5,19H,6-10H2,(H,17,18). The third-order valence-electron chi connectivity index (χ3n) is 3.69. The number of anilines is 1. The van der Waals surface area contributed by atoms with Crippen molar-refractivity contribution >= 4 is 32.7 Å². The molecular weight excluding hydrogens is 320 g/mol. The van der Waals surface area contributed by atoms with Gasteiger partial charge in [0.2, 0.25) is 0 Å². The van der Waals surface area contributed by atoms with Gasteiger partial charge in [0.15, 0.2) is 0 Å². The summed E-state index contributed by atoms with van der Waals surface area (Å²) >= 11 is 3.51. The van der Waals surface area contributed by atoms with Crippen LogP contribution in [0.4, 0.5) is 5.82 Å². The molecule has 0 unspecified atom stereocenters. The van der Waals surface area contributed by atoms with Gasteiger partial charge in [0, 0.05) is 42.5 Å². The summed E-state index contributed by atoms with van der Waals surface area (Å²) < 4.78 is 6.26. The molecule has 2 N–H and O–H groups in total. The van der Waals surface area contributed by atoms with Gasteiger partial charge in [-0.05, 0) is 34.1 Å². The second-order valence-electron chi connectivity index (χ2n) is 5.20. The Labute approximate surface area is 126 Å². The third kappa shape index (κ3) is 2.95. The van der Waals surface area contributed by atoms with Gasteiger partial charge in [-0.3, -0.25) is 0 Å². The van der Waals surface area contributed by atoms with E-state index in [0.717, 1.165) is 21.2 Å². The zero-order chi connectivity index (χ0) is 14.0. The normalized spacial score (nSPS) is 18.1. The van der Waals surface area contributed by atoms with E-state index in [9.17, 15) is 5.11 Å². The van der Waals surface area contributed by atoms with E-state index in [1.165, 1.54) is 0 Å². The molecule has 0 bridgehead atoms. The molecule has 1 aliphatic heterocycles. The van der Waals surface area contributed by atoms with E-state index in [0.29, 0.717) is 32.6 Å². The van der Waals surface area contributed by atoms with E-state index >= 15 is 0 Å². The Morgan fingerprint density at radius 2 is 2.05 bits per heavy atom. The number of hydrogen-bond acceptors (Lipinski definition) is 4. The Bertz CT molecular complexity index is 612. The summed E-state index contributed by atoms with van der Waals surface area (Å²) in [7, 11) is 0. The Morgan fingerprint density at radius 1 is 1.25 bits per heavy atom. The van der Waals surface area contributed by atoms with Crippen molar-refractivity contribution in [3.05, 3.63) is 34.8 Å². The van der Waals surface area contributed by atoms with Crippen molar-refractivity contribution in [2.24, 2.45) is 0 Å². The van der Waals surface area contributed by atoms with E-state index < -0.39 is 5.60 Å². The molecule has 0 saturated carbocycles. The van der Waals surface area contributed by atoms with Crippen LogP contribution in [-0.2, 0) is 4.74 Å². The number of hydrogen-bond donors (Lipinski definition) is 2. The van der Waals surface area contributed by atoms with Crippen molar-refractivity contribution in [3.63, 3.8) is 0 Å². The van der Waals surface area contributed by atoms with Crippen LogP contribution in [0.2, 0.25) is 0 Å². The van der Waals surface area contributed by atoms with Gasteiger partial charge in [0.25, 0.3) is 0 Å². The molecule has 3 rings (SSSR count). The van der Waals surface area contributed by atoms with Crippen LogP contribution in [-0.4, -0.2) is 35.5 Å². The molecule has 0 radical (unpaired) electrons. The SMILES string of the molecule is OC1(CNc2ccc3cccc(Br)c3n2)CCOCC1. The van der Waals surface area contributed by atoms with E-state index in [2.05, 4.69) is 26.2 Å². The van der Waals surface area contributed by atoms with E-state index in [4.69, 9.17) is 4.74 Å². The molecule has 1 aromatic carbocycles. The van der Waals surface area contributed by atoms with Crippen molar-refractivity contribution in [2.75, 3.05) is 25.1 Å². The van der Waals surface area contributed by atoms with Gasteiger partial charge in [-0.25, -0.2) is 4.98 Å². The topological polar surface area (TPSA) is 54.4 Å². The highest BCUT2D eigenvalue weighted by Gasteiger charge is 2.29. The van der Waals surface area contributed by atoms with Crippen LogP contribution in [0.1, 0.15) is 12.8 Å². The lowest BCUT2D eigenvalue weighted by molar-refractivity contribution is -0.0543. The average Bonchev–Trinajstić information content (AvgIpc) is 2.47. The Hall–Kier alpha value is -1.17. The second kappa shape index (κ2) is 5.68. The largest absolute Gasteiger partial charge is 0.388 e. The van der Waals surface area contributed by atoms with E-state index in [-0.39, 0.29) is 0 Å². The van der Waals surface area contributed by atoms with Crippen molar-refractivity contribution in [1.82, 2.24) is 4.98 Å². The fourth-order valence-corrected chi connectivity index (χ4v) is 2.86. The number of rotatable bonds is 3. The summed E-state index contributed by atoms with van der Waals surface area (Å²) in [5.74, 6) is 0.782. The lowest BCUT2D eigenvalue weighted by Gasteiger charge is -2.32. The average molecular weight is 337 g/mol. The maximum absolute atomic E-state index is 10.4. The Morgan fingerprint density at radius 3 is 2.85 bits per heavy atom. The zero-order valence-electron chi connectivity index (χ0n) is 11.1. The number of ether oxygens (including phenoxy) is 1. The summed E-state index contributed by atoms with van der Waals surface area (Å²) in [6.07, 6.45) is 1.33. The first kappa shape index (κ1) is 13.8. The minimum Gasteiger partial charge on any atom is -0.388 e. The highest BCUT2D eigenvalue weighted by atomic mass is 79.9. The van der Waals surface area contributed by atoms with E-state index in [1.54, 1.807) is 0 Å². The molecule has 4 nitrogen and oxygen atoms in total. The minimum absolute atomic E-state index is 0.499. The molecule has 20 heavy (non-hydrogen) atoms. The fraction of sp³-hybridized carbons (Fsp3) is 0.400. The monoisotopic (exact) mass is 336 g/mol. The summed E-state index contributed by atoms with van der Waals surface area (Å²) in [4.78, 5) is 4.59. The van der Waals surface area contributed by atoms with Crippen LogP contribution in [0.3, 0.4) is 0 Å². The number of para-hydroxylation sites is 1. The molecule has 5 heteroatoms. The second-order valence-corrected chi connectivity index (χ2v) is 6.05. The molecule has 1 saturated heterocycles. The van der Waals surface area contributed by atoms with Crippen LogP contribution in [0.25, 0.3) is 10.9 Å². The molecule has 1 aliphatic rings. The molecular formula is C15H17BrN2O2. The first-order chi connectivity index (χ1) is 9.66. The maximum Gasteiger partial charge on any atom is 0.126 e. The summed E-state index contributed by atoms with van der Waals surface area (Å²) in [5, 5.41) is 14.7. The van der Waals surface area contributed by atoms with Crippen LogP contribution in [0.15, 0.2) is 34.8 Å². The number of nitrogens with one attached hydrogen (secondary N) is 1. The van der Waals surface area contributed by atoms with Crippen molar-refractivity contribution < 1.29 is 9.84 Å². The molecule has 0 amide bonds. The maximum atomic E-state index is 10.4. The molecule has 0 aliphatic carbocycles. The number of pyridine rings is 1. The van der Waals surface area contributed by atoms with Crippen molar-refractivity contribution in [2.45, 2.75) is 18.4 Å². The number of halogens is 1. The Balaban J connectivity index is 1.76. The lowest BCUT2D eigenvalue weighted by atomic mass is 9.94. The molecule has 2 heterocycles. The summed E-state index contributed by atoms with van der Waals surface area (Å²) in [5.41, 5.74) is 0.236. The first-order valence-electron chi connectivity index (χ1n) is 6.76. The van der Waals surface area contributed by atoms with Crippen LogP contribution in [0, 0.1) is 0 Å². The van der Waals surface area contributed by atoms with Crippen molar-refractivity contribution in [3.8, 4) is 0 Å². The van der Waals surface area contributed by atoms with Gasteiger partial charge in [0.1, 0.15) is 5.82 Å². The summed E-state index contributed by atoms with van der Waals surface area (Å²) in [6, 6.07) is 9.97. The molecule has 1 fully saturated rings. The van der Waals surface area contributed by atoms with Crippen LogP contribution in [0.5, 0.6) is 0 Å². The zero-order valence-corrected chi connectivity index (χ0v) is 12.7. The number of aliphatic hydroxyl groups is 1. The van der Waals surface area contributed by atoms with Gasteiger partial charge in [-0.15, -0.1) is 0 Å². The van der Waals surface area contributed by atoms with Gasteiger partial charge < -0.3 is 15.2 Å². The summed E-state index contributed by atoms with van der Waals surface area (Å²) in [6.45, 7) is 1.74. The van der Waals surface area contributed by atoms with Crippen LogP contribution >= 0.6 is 15.9 Å². The van der Waals surface area contributed by atoms with E-state index in [1.807, 2.05) is 30.3 Å². The molecule has 0 atom stereocenters. The van der Waals surface area contributed by atoms with Crippen molar-refractivity contribution in [1.29, 1.82) is 0 Å². The molecule has 0 spiro atoms. The third-order valence-corrected chi connectivity index (χ3v) is 4.33. The smallest absolute Gasteiger partial charge is 0.126 e. The predicted octanol–water partition coefficient (Wildman–Crippen LogP) is 2.95. The lowest BCUT2D eigenvalue weighted by Crippen LogP contribution is -2.42. The predicted molar refractivity (Wildman–Crippen MR) is 82.9 cm³/mol. The quantitative estimate of drug-likeness (QED) is 0.904. The molecule has 1 aromatic heterocycles. The number of aromatic nitrogens is 1. The number of fused-ring (bicyclic) bond motifs is 1. The first-order valence-corrected chi connectivity index (χ1v) is 7.55. The van der Waals surface area contributed by atoms with Crippen LogP contribution < -0.4 is 5.32 Å².